The van der Waals surface area contributed by atoms with Crippen molar-refractivity contribution < 1.29 is 19.5 Å². The Kier molecular flexibility index (Phi) is 3.15. The Balaban J connectivity index is 2.06. The molecule has 2 rings (SSSR count). The molecule has 0 saturated carbocycles. The van der Waals surface area contributed by atoms with E-state index >= 15 is 0 Å². The van der Waals surface area contributed by atoms with Crippen LogP contribution in [0.4, 0.5) is 4.79 Å². The number of hydrogen-bond donors (Lipinski definition) is 2. The van der Waals surface area contributed by atoms with Gasteiger partial charge in [-0.2, -0.15) is 0 Å². The molecule has 0 radical (unpaired) electrons. The van der Waals surface area contributed by atoms with E-state index < -0.39 is 6.03 Å². The highest BCUT2D eigenvalue weighted by Crippen LogP contribution is 2.29. The zero-order valence-electron chi connectivity index (χ0n) is 9.00. The van der Waals surface area contributed by atoms with Gasteiger partial charge in [0.25, 0.3) is 0 Å². The number of rotatable bonds is 2. The van der Waals surface area contributed by atoms with Gasteiger partial charge in [-0.1, -0.05) is 12.1 Å². The average Bonchev–Trinajstić information content (AvgIpc) is 2.52. The number of urea groups is 1. The Morgan fingerprint density at radius 3 is 2.82 bits per heavy atom. The fourth-order valence-electron chi connectivity index (χ4n) is 1.37. The first-order chi connectivity index (χ1) is 8.16. The SMILES string of the molecule is NC(=O)N(O)CC1=COc2ccccc2OC1. The highest BCUT2D eigenvalue weighted by Gasteiger charge is 2.14. The molecule has 6 heteroatoms. The Morgan fingerprint density at radius 1 is 1.41 bits per heavy atom. The molecule has 0 bridgehead atoms. The first-order valence-corrected chi connectivity index (χ1v) is 4.99. The molecule has 2 amide bonds. The van der Waals surface area contributed by atoms with E-state index in [-0.39, 0.29) is 13.2 Å². The Labute approximate surface area is 97.8 Å². The van der Waals surface area contributed by atoms with Crippen molar-refractivity contribution in [3.63, 3.8) is 0 Å². The summed E-state index contributed by atoms with van der Waals surface area (Å²) in [6.45, 7) is 0.171. The van der Waals surface area contributed by atoms with Gasteiger partial charge in [-0.05, 0) is 12.1 Å². The maximum Gasteiger partial charge on any atom is 0.338 e. The molecule has 0 aliphatic carbocycles. The van der Waals surface area contributed by atoms with Gasteiger partial charge in [-0.25, -0.2) is 9.86 Å². The number of ether oxygens (including phenoxy) is 2. The highest BCUT2D eigenvalue weighted by atomic mass is 16.5. The fraction of sp³-hybridized carbons (Fsp3) is 0.182. The van der Waals surface area contributed by atoms with Crippen molar-refractivity contribution in [1.29, 1.82) is 0 Å². The summed E-state index contributed by atoms with van der Waals surface area (Å²) < 4.78 is 10.8. The highest BCUT2D eigenvalue weighted by molar-refractivity contribution is 5.70. The van der Waals surface area contributed by atoms with Gasteiger partial charge in [0, 0.05) is 5.57 Å². The molecule has 17 heavy (non-hydrogen) atoms. The van der Waals surface area contributed by atoms with Crippen molar-refractivity contribution in [2.75, 3.05) is 13.2 Å². The lowest BCUT2D eigenvalue weighted by Gasteiger charge is -2.13. The average molecular weight is 236 g/mol. The van der Waals surface area contributed by atoms with Crippen LogP contribution in [-0.2, 0) is 0 Å². The normalized spacial score (nSPS) is 13.6. The van der Waals surface area contributed by atoms with Crippen LogP contribution in [-0.4, -0.2) is 29.5 Å². The second-order valence-corrected chi connectivity index (χ2v) is 3.53. The number of para-hydroxylation sites is 2. The maximum atomic E-state index is 10.7. The van der Waals surface area contributed by atoms with E-state index in [0.717, 1.165) is 0 Å². The molecule has 0 atom stereocenters. The largest absolute Gasteiger partial charge is 0.485 e. The van der Waals surface area contributed by atoms with Crippen molar-refractivity contribution in [3.8, 4) is 11.5 Å². The molecular formula is C11H12N2O4. The Hall–Kier alpha value is -2.21. The minimum Gasteiger partial charge on any atom is -0.485 e. The van der Waals surface area contributed by atoms with Crippen LogP contribution in [0.3, 0.4) is 0 Å². The zero-order chi connectivity index (χ0) is 12.3. The molecular weight excluding hydrogens is 224 g/mol. The lowest BCUT2D eigenvalue weighted by molar-refractivity contribution is -0.0324. The van der Waals surface area contributed by atoms with Gasteiger partial charge >= 0.3 is 6.03 Å². The lowest BCUT2D eigenvalue weighted by atomic mass is 10.3. The predicted octanol–water partition coefficient (Wildman–Crippen LogP) is 1.11. The number of carbonyl (C=O) groups excluding carboxylic acids is 1. The summed E-state index contributed by atoms with van der Waals surface area (Å²) in [6, 6.07) is 6.27. The van der Waals surface area contributed by atoms with E-state index in [2.05, 4.69) is 0 Å². The summed E-state index contributed by atoms with van der Waals surface area (Å²) in [7, 11) is 0. The molecule has 1 aromatic carbocycles. The summed E-state index contributed by atoms with van der Waals surface area (Å²) >= 11 is 0. The zero-order valence-corrected chi connectivity index (χ0v) is 9.00. The minimum atomic E-state index is -0.923. The third-order valence-electron chi connectivity index (χ3n) is 2.22. The molecule has 1 heterocycles. The Bertz CT molecular complexity index is 459. The number of fused-ring (bicyclic) bond motifs is 1. The first-order valence-electron chi connectivity index (χ1n) is 4.99. The summed E-state index contributed by atoms with van der Waals surface area (Å²) in [4.78, 5) is 10.7. The van der Waals surface area contributed by atoms with E-state index in [1.807, 2.05) is 12.1 Å². The summed E-state index contributed by atoms with van der Waals surface area (Å²) in [5.41, 5.74) is 5.50. The standard InChI is InChI=1S/C11H12N2O4/c12-11(14)13(15)5-8-6-16-9-3-1-2-4-10(9)17-7-8/h1-4,6,15H,5,7H2,(H2,12,14). The first kappa shape index (κ1) is 11.3. The lowest BCUT2D eigenvalue weighted by Crippen LogP contribution is -2.35. The van der Waals surface area contributed by atoms with Crippen molar-refractivity contribution in [3.05, 3.63) is 36.1 Å². The quantitative estimate of drug-likeness (QED) is 0.595. The van der Waals surface area contributed by atoms with Crippen molar-refractivity contribution >= 4 is 6.03 Å². The van der Waals surface area contributed by atoms with Crippen LogP contribution < -0.4 is 15.2 Å². The van der Waals surface area contributed by atoms with E-state index in [1.54, 1.807) is 12.1 Å². The number of primary amides is 1. The second-order valence-electron chi connectivity index (χ2n) is 3.53. The third-order valence-corrected chi connectivity index (χ3v) is 2.22. The van der Waals surface area contributed by atoms with Crippen LogP contribution in [0, 0.1) is 0 Å². The van der Waals surface area contributed by atoms with E-state index in [4.69, 9.17) is 15.2 Å². The second kappa shape index (κ2) is 4.75. The summed E-state index contributed by atoms with van der Waals surface area (Å²) in [5, 5.41) is 9.59. The smallest absolute Gasteiger partial charge is 0.338 e. The minimum absolute atomic E-state index is 0.0523. The van der Waals surface area contributed by atoms with Crippen LogP contribution >= 0.6 is 0 Å². The summed E-state index contributed by atoms with van der Waals surface area (Å²) in [5.74, 6) is 1.20. The molecule has 90 valence electrons. The molecule has 0 aromatic heterocycles. The van der Waals surface area contributed by atoms with Gasteiger partial charge in [0.2, 0.25) is 0 Å². The topological polar surface area (TPSA) is 85.0 Å². The van der Waals surface area contributed by atoms with E-state index in [9.17, 15) is 10.0 Å². The molecule has 0 spiro atoms. The van der Waals surface area contributed by atoms with E-state index in [1.165, 1.54) is 6.26 Å². The molecule has 0 unspecified atom stereocenters. The molecule has 0 saturated heterocycles. The number of nitrogens with zero attached hydrogens (tertiary/aromatic N) is 1. The maximum absolute atomic E-state index is 10.7. The van der Waals surface area contributed by atoms with E-state index in [0.29, 0.717) is 22.1 Å². The molecule has 3 N–H and O–H groups in total. The number of hydroxylamine groups is 2. The number of hydrogen-bond acceptors (Lipinski definition) is 4. The van der Waals surface area contributed by atoms with Gasteiger partial charge in [0.15, 0.2) is 11.5 Å². The van der Waals surface area contributed by atoms with Crippen LogP contribution in [0.2, 0.25) is 0 Å². The van der Waals surface area contributed by atoms with Crippen molar-refractivity contribution in [2.24, 2.45) is 5.73 Å². The number of nitrogens with two attached hydrogens (primary N) is 1. The monoisotopic (exact) mass is 236 g/mol. The van der Waals surface area contributed by atoms with Crippen LogP contribution in [0.25, 0.3) is 0 Å². The predicted molar refractivity (Wildman–Crippen MR) is 58.7 cm³/mol. The van der Waals surface area contributed by atoms with Gasteiger partial charge in [0.1, 0.15) is 6.61 Å². The molecule has 0 fully saturated rings. The van der Waals surface area contributed by atoms with Crippen LogP contribution in [0.1, 0.15) is 0 Å². The Morgan fingerprint density at radius 2 is 2.12 bits per heavy atom. The number of benzene rings is 1. The summed E-state index contributed by atoms with van der Waals surface area (Å²) in [6.07, 6.45) is 1.44. The molecule has 1 aliphatic rings. The molecule has 1 aromatic rings. The number of carbonyl (C=O) groups is 1. The van der Waals surface area contributed by atoms with Gasteiger partial charge in [0.05, 0.1) is 12.8 Å². The van der Waals surface area contributed by atoms with Crippen molar-refractivity contribution in [1.82, 2.24) is 5.06 Å². The number of amides is 2. The van der Waals surface area contributed by atoms with Gasteiger partial charge in [-0.15, -0.1) is 0 Å². The fourth-order valence-corrected chi connectivity index (χ4v) is 1.37. The van der Waals surface area contributed by atoms with Gasteiger partial charge < -0.3 is 15.2 Å². The molecule has 1 aliphatic heterocycles. The third kappa shape index (κ3) is 2.67. The van der Waals surface area contributed by atoms with Crippen molar-refractivity contribution in [2.45, 2.75) is 0 Å². The van der Waals surface area contributed by atoms with Gasteiger partial charge in [-0.3, -0.25) is 5.21 Å². The molecule has 6 nitrogen and oxygen atoms in total. The van der Waals surface area contributed by atoms with Crippen LogP contribution in [0.5, 0.6) is 11.5 Å². The van der Waals surface area contributed by atoms with Crippen LogP contribution in [0.15, 0.2) is 36.1 Å².